The van der Waals surface area contributed by atoms with Crippen molar-refractivity contribution in [2.75, 3.05) is 7.11 Å². The van der Waals surface area contributed by atoms with Gasteiger partial charge in [0.1, 0.15) is 17.0 Å². The summed E-state index contributed by atoms with van der Waals surface area (Å²) in [4.78, 5) is 22.0. The molecule has 8 nitrogen and oxygen atoms in total. The van der Waals surface area contributed by atoms with Crippen LogP contribution in [0.15, 0.2) is 51.7 Å². The Hall–Kier alpha value is -4.12. The fourth-order valence-electron chi connectivity index (χ4n) is 3.91. The molecule has 0 aliphatic rings. The number of rotatable bonds is 4. The zero-order valence-electron chi connectivity index (χ0n) is 17.9. The van der Waals surface area contributed by atoms with Gasteiger partial charge in [0.2, 0.25) is 5.89 Å². The summed E-state index contributed by atoms with van der Waals surface area (Å²) in [5.74, 6) is 0.186. The second-order valence-corrected chi connectivity index (χ2v) is 7.58. The summed E-state index contributed by atoms with van der Waals surface area (Å²) in [6.45, 7) is 1.22. The normalized spacial score (nSPS) is 12.1. The first-order valence-corrected chi connectivity index (χ1v) is 10.1. The minimum absolute atomic E-state index is 0.101. The van der Waals surface area contributed by atoms with Crippen LogP contribution in [0, 0.1) is 6.92 Å². The number of ether oxygens (including phenoxy) is 1. The highest BCUT2D eigenvalue weighted by Gasteiger charge is 2.38. The van der Waals surface area contributed by atoms with Crippen LogP contribution in [0.3, 0.4) is 0 Å². The Labute approximate surface area is 189 Å². The molecular formula is C23H17F3N4O4. The second-order valence-electron chi connectivity index (χ2n) is 7.58. The highest BCUT2D eigenvalue weighted by Crippen LogP contribution is 2.38. The van der Waals surface area contributed by atoms with Crippen LogP contribution in [-0.2, 0) is 12.8 Å². The Kier molecular flexibility index (Phi) is 4.94. The van der Waals surface area contributed by atoms with E-state index < -0.39 is 17.4 Å². The molecule has 0 unspecified atom stereocenters. The maximum absolute atomic E-state index is 13.9. The first-order chi connectivity index (χ1) is 16.2. The number of nitrogens with one attached hydrogen (secondary N) is 1. The highest BCUT2D eigenvalue weighted by molar-refractivity contribution is 5.84. The van der Waals surface area contributed by atoms with Crippen LogP contribution < -0.4 is 10.3 Å². The molecule has 0 spiro atoms. The predicted molar refractivity (Wildman–Crippen MR) is 116 cm³/mol. The fraction of sp³-hybridized carbons (Fsp3) is 0.174. The molecule has 3 aromatic heterocycles. The summed E-state index contributed by atoms with van der Waals surface area (Å²) in [6, 6.07) is 11.0. The predicted octanol–water partition coefficient (Wildman–Crippen LogP) is 4.33. The van der Waals surface area contributed by atoms with Gasteiger partial charge in [-0.2, -0.15) is 17.7 Å². The van der Waals surface area contributed by atoms with Gasteiger partial charge in [-0.15, -0.1) is 0 Å². The van der Waals surface area contributed by atoms with Crippen LogP contribution >= 0.6 is 0 Å². The van der Waals surface area contributed by atoms with Gasteiger partial charge in [-0.3, -0.25) is 9.89 Å². The van der Waals surface area contributed by atoms with Crippen molar-refractivity contribution >= 4 is 16.7 Å². The summed E-state index contributed by atoms with van der Waals surface area (Å²) in [5.41, 5.74) is -0.946. The van der Waals surface area contributed by atoms with Crippen LogP contribution in [0.5, 0.6) is 5.75 Å². The van der Waals surface area contributed by atoms with Crippen molar-refractivity contribution in [1.29, 1.82) is 0 Å². The molecule has 0 aliphatic heterocycles. The van der Waals surface area contributed by atoms with E-state index in [9.17, 15) is 23.1 Å². The molecule has 0 saturated heterocycles. The molecule has 0 radical (unpaired) electrons. The van der Waals surface area contributed by atoms with Gasteiger partial charge in [0, 0.05) is 0 Å². The molecule has 0 amide bonds. The van der Waals surface area contributed by atoms with Gasteiger partial charge in [-0.1, -0.05) is 30.3 Å². The molecule has 34 heavy (non-hydrogen) atoms. The summed E-state index contributed by atoms with van der Waals surface area (Å²) >= 11 is 0. The molecule has 0 fully saturated rings. The van der Waals surface area contributed by atoms with Crippen LogP contribution in [-0.4, -0.2) is 31.8 Å². The van der Waals surface area contributed by atoms with Crippen molar-refractivity contribution in [2.24, 2.45) is 0 Å². The SMILES string of the molecule is COc1cc(CO)cc2oc(-c3c(C)nc4c(-c5ccccc5)c(C(F)(F)F)[nH]n4c3=O)nc12. The van der Waals surface area contributed by atoms with Crippen molar-refractivity contribution in [3.8, 4) is 28.3 Å². The molecule has 0 aliphatic carbocycles. The Balaban J connectivity index is 1.81. The molecule has 2 N–H and O–H groups in total. The molecule has 5 rings (SSSR count). The number of hydrogen-bond donors (Lipinski definition) is 2. The molecule has 2 aromatic carbocycles. The number of alkyl halides is 3. The first-order valence-electron chi connectivity index (χ1n) is 10.1. The van der Waals surface area contributed by atoms with Crippen LogP contribution in [0.25, 0.3) is 39.3 Å². The van der Waals surface area contributed by atoms with Gasteiger partial charge in [0.15, 0.2) is 16.7 Å². The number of aromatic amines is 1. The topological polar surface area (TPSA) is 106 Å². The number of aryl methyl sites for hydroxylation is 1. The van der Waals surface area contributed by atoms with E-state index in [1.807, 2.05) is 0 Å². The van der Waals surface area contributed by atoms with Crippen LogP contribution in [0.2, 0.25) is 0 Å². The van der Waals surface area contributed by atoms with E-state index in [-0.39, 0.29) is 46.1 Å². The van der Waals surface area contributed by atoms with Gasteiger partial charge in [-0.05, 0) is 30.2 Å². The minimum atomic E-state index is -4.76. The molecule has 0 saturated carbocycles. The molecule has 0 bridgehead atoms. The lowest BCUT2D eigenvalue weighted by atomic mass is 10.1. The number of nitrogens with zero attached hydrogens (tertiary/aromatic N) is 3. The number of fused-ring (bicyclic) bond motifs is 2. The maximum Gasteiger partial charge on any atom is 0.433 e. The molecule has 0 atom stereocenters. The van der Waals surface area contributed by atoms with Crippen molar-refractivity contribution < 1.29 is 27.4 Å². The average Bonchev–Trinajstić information content (AvgIpc) is 3.40. The molecule has 5 aromatic rings. The third-order valence-corrected chi connectivity index (χ3v) is 5.44. The van der Waals surface area contributed by atoms with Gasteiger partial charge in [0.05, 0.1) is 25.0 Å². The van der Waals surface area contributed by atoms with E-state index in [2.05, 4.69) is 15.1 Å². The summed E-state index contributed by atoms with van der Waals surface area (Å²) in [5, 5.41) is 11.6. The number of aliphatic hydroxyl groups excluding tert-OH is 1. The Bertz CT molecular complexity index is 1600. The van der Waals surface area contributed by atoms with E-state index in [1.165, 1.54) is 32.2 Å². The van der Waals surface area contributed by atoms with Gasteiger partial charge >= 0.3 is 6.18 Å². The number of benzene rings is 2. The molecule has 3 heterocycles. The third-order valence-electron chi connectivity index (χ3n) is 5.44. The minimum Gasteiger partial charge on any atom is -0.494 e. The average molecular weight is 470 g/mol. The van der Waals surface area contributed by atoms with Gasteiger partial charge in [0.25, 0.3) is 5.56 Å². The quantitative estimate of drug-likeness (QED) is 0.405. The smallest absolute Gasteiger partial charge is 0.433 e. The van der Waals surface area contributed by atoms with E-state index in [4.69, 9.17) is 9.15 Å². The first kappa shape index (κ1) is 21.7. The summed E-state index contributed by atoms with van der Waals surface area (Å²) in [7, 11) is 1.42. The summed E-state index contributed by atoms with van der Waals surface area (Å²) < 4.78 is 53.4. The fourth-order valence-corrected chi connectivity index (χ4v) is 3.91. The Morgan fingerprint density at radius 2 is 1.88 bits per heavy atom. The van der Waals surface area contributed by atoms with Gasteiger partial charge in [-0.25, -0.2) is 9.97 Å². The van der Waals surface area contributed by atoms with Crippen LogP contribution in [0.4, 0.5) is 13.2 Å². The number of hydrogen-bond acceptors (Lipinski definition) is 6. The molecule has 174 valence electrons. The van der Waals surface area contributed by atoms with E-state index in [1.54, 1.807) is 24.3 Å². The van der Waals surface area contributed by atoms with Crippen molar-refractivity contribution in [3.05, 3.63) is 69.8 Å². The number of methoxy groups -OCH3 is 1. The largest absolute Gasteiger partial charge is 0.494 e. The zero-order valence-corrected chi connectivity index (χ0v) is 17.9. The van der Waals surface area contributed by atoms with Gasteiger partial charge < -0.3 is 14.3 Å². The monoisotopic (exact) mass is 470 g/mol. The number of oxazole rings is 1. The lowest BCUT2D eigenvalue weighted by Crippen LogP contribution is -2.19. The number of aliphatic hydroxyl groups is 1. The maximum atomic E-state index is 13.9. The molecular weight excluding hydrogens is 453 g/mol. The van der Waals surface area contributed by atoms with Crippen molar-refractivity contribution in [2.45, 2.75) is 19.7 Å². The van der Waals surface area contributed by atoms with E-state index in [0.717, 1.165) is 4.52 Å². The van der Waals surface area contributed by atoms with Crippen LogP contribution in [0.1, 0.15) is 17.0 Å². The highest BCUT2D eigenvalue weighted by atomic mass is 19.4. The summed E-state index contributed by atoms with van der Waals surface area (Å²) in [6.07, 6.45) is -4.76. The second kappa shape index (κ2) is 7.73. The third kappa shape index (κ3) is 3.32. The Morgan fingerprint density at radius 1 is 1.15 bits per heavy atom. The van der Waals surface area contributed by atoms with E-state index in [0.29, 0.717) is 16.8 Å². The lowest BCUT2D eigenvalue weighted by Gasteiger charge is -2.07. The van der Waals surface area contributed by atoms with Crippen molar-refractivity contribution in [3.63, 3.8) is 0 Å². The lowest BCUT2D eigenvalue weighted by molar-refractivity contribution is -0.140. The zero-order chi connectivity index (χ0) is 24.2. The Morgan fingerprint density at radius 3 is 2.53 bits per heavy atom. The molecule has 11 heteroatoms. The van der Waals surface area contributed by atoms with Crippen molar-refractivity contribution in [1.82, 2.24) is 19.6 Å². The number of halogens is 3. The standard InChI is InChI=1S/C23H17F3N4O4/c1-11-16(21-28-18-14(33-2)8-12(10-31)9-15(18)34-21)22(32)30-20(27-11)17(13-6-4-3-5-7-13)19(29-30)23(24,25)26/h3-9,29,31H,10H2,1-2H3. The van der Waals surface area contributed by atoms with E-state index >= 15 is 0 Å². The number of H-pyrrole nitrogens is 1. The number of aromatic nitrogens is 4.